The van der Waals surface area contributed by atoms with E-state index in [0.29, 0.717) is 18.3 Å². The number of aliphatic hydroxyl groups excluding tert-OH is 1. The number of rotatable bonds is 2. The summed E-state index contributed by atoms with van der Waals surface area (Å²) in [7, 11) is 0. The summed E-state index contributed by atoms with van der Waals surface area (Å²) >= 11 is 0. The van der Waals surface area contributed by atoms with Crippen molar-refractivity contribution in [3.8, 4) is 0 Å². The van der Waals surface area contributed by atoms with E-state index in [1.165, 1.54) is 16.8 Å². The molecule has 7 heteroatoms. The number of anilines is 1. The second-order valence-electron chi connectivity index (χ2n) is 18.2. The molecule has 3 aliphatic heterocycles. The first-order valence-corrected chi connectivity index (χ1v) is 17.6. The van der Waals surface area contributed by atoms with Crippen LogP contribution in [0.25, 0.3) is 0 Å². The fraction of sp³-hybridized carbons (Fsp3) is 0.789. The third-order valence-corrected chi connectivity index (χ3v) is 15.2. The summed E-state index contributed by atoms with van der Waals surface area (Å²) in [6.07, 6.45) is 5.00. The standard InChI is InChI=1S/C38H53NO6/c1-33(2,43)28-17-26(41)38(18-40)25-12-9-19-15-22-29-21-16-23-30(35(5,6)45-34(23,3)4)31(42)20(21)10-11-24(29)39-32(22)37(19,8)36(25,7)14-13-27(38)44-28/h10-11,18-19,22-23,25-28,30,32,39,41,43H,9,12-17H2,1-8H3. The van der Waals surface area contributed by atoms with Crippen LogP contribution in [0, 0.1) is 39.9 Å². The van der Waals surface area contributed by atoms with Gasteiger partial charge in [0, 0.05) is 35.5 Å². The van der Waals surface area contributed by atoms with Crippen molar-refractivity contribution < 1.29 is 29.3 Å². The van der Waals surface area contributed by atoms with Gasteiger partial charge in [-0.1, -0.05) is 13.8 Å². The molecule has 0 amide bonds. The van der Waals surface area contributed by atoms with Crippen LogP contribution in [0.1, 0.15) is 121 Å². The van der Waals surface area contributed by atoms with Crippen molar-refractivity contribution in [2.45, 2.75) is 147 Å². The van der Waals surface area contributed by atoms with Gasteiger partial charge in [0.05, 0.1) is 46.4 Å². The van der Waals surface area contributed by atoms with Crippen LogP contribution in [-0.2, 0) is 20.7 Å². The molecule has 3 N–H and O–H groups in total. The lowest BCUT2D eigenvalue weighted by atomic mass is 9.39. The molecule has 8 rings (SSSR count). The predicted molar refractivity (Wildman–Crippen MR) is 171 cm³/mol. The topological polar surface area (TPSA) is 105 Å². The minimum Gasteiger partial charge on any atom is -0.392 e. The summed E-state index contributed by atoms with van der Waals surface area (Å²) in [4.78, 5) is 27.5. The van der Waals surface area contributed by atoms with Crippen molar-refractivity contribution >= 4 is 17.8 Å². The molecule has 7 nitrogen and oxygen atoms in total. The van der Waals surface area contributed by atoms with E-state index in [1.807, 2.05) is 0 Å². The molecule has 45 heavy (non-hydrogen) atoms. The van der Waals surface area contributed by atoms with Crippen molar-refractivity contribution in [1.82, 2.24) is 0 Å². The maximum absolute atomic E-state index is 14.2. The van der Waals surface area contributed by atoms with Gasteiger partial charge >= 0.3 is 0 Å². The summed E-state index contributed by atoms with van der Waals surface area (Å²) < 4.78 is 13.1. The summed E-state index contributed by atoms with van der Waals surface area (Å²) in [5, 5.41) is 26.7. The van der Waals surface area contributed by atoms with Gasteiger partial charge in [-0.3, -0.25) is 4.79 Å². The second kappa shape index (κ2) is 9.00. The van der Waals surface area contributed by atoms with Gasteiger partial charge in [-0.05, 0) is 126 Å². The largest absolute Gasteiger partial charge is 0.392 e. The first-order valence-electron chi connectivity index (χ1n) is 17.6. The number of hydrogen-bond acceptors (Lipinski definition) is 7. The van der Waals surface area contributed by atoms with E-state index in [4.69, 9.17) is 9.47 Å². The third-order valence-electron chi connectivity index (χ3n) is 15.2. The quantitative estimate of drug-likeness (QED) is 0.358. The second-order valence-corrected chi connectivity index (χ2v) is 18.2. The van der Waals surface area contributed by atoms with E-state index in [1.54, 1.807) is 13.8 Å². The number of aliphatic hydroxyl groups is 2. The number of ether oxygens (including phenoxy) is 2. The Hall–Kier alpha value is -1.80. The SMILES string of the molecule is CC(C)(O)C1CC(O)C2(C=O)C(CCC3(C)C2CCC2CC4c5c(ccc6c5CC5C(C6=O)C(C)(C)OC5(C)C)NC4C23C)O1. The Bertz CT molecular complexity index is 1480. The van der Waals surface area contributed by atoms with E-state index in [2.05, 4.69) is 59.0 Å². The number of benzene rings is 1. The maximum atomic E-state index is 14.2. The Kier molecular flexibility index (Phi) is 6.11. The van der Waals surface area contributed by atoms with E-state index < -0.39 is 34.9 Å². The first kappa shape index (κ1) is 30.5. The number of aldehydes is 1. The molecule has 12 unspecified atom stereocenters. The van der Waals surface area contributed by atoms with Gasteiger partial charge in [-0.15, -0.1) is 0 Å². The van der Waals surface area contributed by atoms with Crippen LogP contribution in [0.2, 0.25) is 0 Å². The van der Waals surface area contributed by atoms with Crippen molar-refractivity contribution in [1.29, 1.82) is 0 Å². The van der Waals surface area contributed by atoms with Gasteiger partial charge < -0.3 is 29.8 Å². The lowest BCUT2D eigenvalue weighted by Crippen LogP contribution is -2.70. The number of carbonyl (C=O) groups excluding carboxylic acids is 2. The highest BCUT2D eigenvalue weighted by Gasteiger charge is 2.73. The van der Waals surface area contributed by atoms with Crippen molar-refractivity contribution in [3.05, 3.63) is 28.8 Å². The minimum absolute atomic E-state index is 0.0144. The highest BCUT2D eigenvalue weighted by atomic mass is 16.5. The lowest BCUT2D eigenvalue weighted by molar-refractivity contribution is -0.278. The van der Waals surface area contributed by atoms with Crippen LogP contribution in [0.4, 0.5) is 5.69 Å². The summed E-state index contributed by atoms with van der Waals surface area (Å²) in [5.74, 6) is 1.01. The van der Waals surface area contributed by atoms with Crippen LogP contribution in [0.5, 0.6) is 0 Å². The zero-order valence-corrected chi connectivity index (χ0v) is 28.4. The average molecular weight is 620 g/mol. The van der Waals surface area contributed by atoms with Crippen molar-refractivity contribution in [3.63, 3.8) is 0 Å². The van der Waals surface area contributed by atoms with Crippen LogP contribution >= 0.6 is 0 Å². The number of fused-ring (bicyclic) bond motifs is 12. The fourth-order valence-corrected chi connectivity index (χ4v) is 13.1. The van der Waals surface area contributed by atoms with Gasteiger partial charge in [-0.2, -0.15) is 0 Å². The molecule has 3 saturated carbocycles. The molecule has 5 fully saturated rings. The van der Waals surface area contributed by atoms with Crippen molar-refractivity contribution in [2.75, 3.05) is 5.32 Å². The van der Waals surface area contributed by atoms with Gasteiger partial charge in [0.1, 0.15) is 6.29 Å². The molecule has 0 bridgehead atoms. The zero-order valence-electron chi connectivity index (χ0n) is 28.4. The molecule has 2 saturated heterocycles. The Balaban J connectivity index is 1.18. The van der Waals surface area contributed by atoms with Crippen LogP contribution in [-0.4, -0.2) is 63.4 Å². The van der Waals surface area contributed by atoms with E-state index in [0.717, 1.165) is 44.0 Å². The number of hydrogen-bond donors (Lipinski definition) is 3. The molecule has 0 aromatic heterocycles. The van der Waals surface area contributed by atoms with Crippen LogP contribution in [0.15, 0.2) is 12.1 Å². The van der Waals surface area contributed by atoms with Gasteiger partial charge in [0.2, 0.25) is 0 Å². The van der Waals surface area contributed by atoms with Gasteiger partial charge in [-0.25, -0.2) is 0 Å². The Morgan fingerprint density at radius 2 is 1.76 bits per heavy atom. The molecule has 3 heterocycles. The van der Waals surface area contributed by atoms with Gasteiger partial charge in [0.25, 0.3) is 0 Å². The smallest absolute Gasteiger partial charge is 0.169 e. The summed E-state index contributed by atoms with van der Waals surface area (Å²) in [5.41, 5.74) is 1.41. The van der Waals surface area contributed by atoms with Crippen molar-refractivity contribution in [2.24, 2.45) is 39.9 Å². The number of nitrogens with one attached hydrogen (secondary N) is 1. The highest BCUT2D eigenvalue weighted by molar-refractivity contribution is 6.02. The summed E-state index contributed by atoms with van der Waals surface area (Å²) in [6, 6.07) is 4.41. The maximum Gasteiger partial charge on any atom is 0.169 e. The van der Waals surface area contributed by atoms with E-state index >= 15 is 0 Å². The lowest BCUT2D eigenvalue weighted by Gasteiger charge is -2.68. The number of Topliss-reactive ketones (excluding diaryl/α,β-unsaturated/α-hetero) is 1. The Morgan fingerprint density at radius 1 is 1.02 bits per heavy atom. The molecule has 7 aliphatic rings. The molecule has 246 valence electrons. The highest BCUT2D eigenvalue weighted by Crippen LogP contribution is 2.75. The van der Waals surface area contributed by atoms with Gasteiger partial charge in [0.15, 0.2) is 5.78 Å². The molecule has 0 spiro atoms. The molecule has 12 atom stereocenters. The molecule has 4 aliphatic carbocycles. The monoisotopic (exact) mass is 619 g/mol. The third kappa shape index (κ3) is 3.57. The number of ketones is 1. The van der Waals surface area contributed by atoms with Crippen LogP contribution < -0.4 is 5.32 Å². The Labute approximate surface area is 268 Å². The number of carbonyl (C=O) groups is 2. The zero-order chi connectivity index (χ0) is 32.3. The minimum atomic E-state index is -1.09. The molecular weight excluding hydrogens is 566 g/mol. The summed E-state index contributed by atoms with van der Waals surface area (Å²) in [6.45, 7) is 16.8. The normalized spacial score (nSPS) is 48.6. The first-order chi connectivity index (χ1) is 20.9. The van der Waals surface area contributed by atoms with E-state index in [9.17, 15) is 19.8 Å². The Morgan fingerprint density at radius 3 is 2.44 bits per heavy atom. The molecule has 0 radical (unpaired) electrons. The molecular formula is C38H53NO6. The van der Waals surface area contributed by atoms with Crippen LogP contribution in [0.3, 0.4) is 0 Å². The fourth-order valence-electron chi connectivity index (χ4n) is 13.1. The van der Waals surface area contributed by atoms with E-state index in [-0.39, 0.29) is 52.4 Å². The average Bonchev–Trinajstić information content (AvgIpc) is 3.52. The predicted octanol–water partition coefficient (Wildman–Crippen LogP) is 5.83. The molecule has 1 aromatic carbocycles. The molecule has 1 aromatic rings.